The lowest BCUT2D eigenvalue weighted by atomic mass is 9.82. The maximum Gasteiger partial charge on any atom is 0.145 e. The molecule has 0 bridgehead atoms. The Bertz CT molecular complexity index is 8430. The Hall–Kier alpha value is -16.9. The summed E-state index contributed by atoms with van der Waals surface area (Å²) < 4.78 is 6.31. The number of nitrogens with zero attached hydrogens (tertiary/aromatic N) is 10. The molecule has 0 amide bonds. The fourth-order valence-corrected chi connectivity index (χ4v) is 18.5. The first kappa shape index (κ1) is 102. The van der Waals surface area contributed by atoms with Gasteiger partial charge in [-0.15, -0.1) is 0 Å². The van der Waals surface area contributed by atoms with Crippen molar-refractivity contribution >= 4 is 134 Å². The van der Waals surface area contributed by atoms with Gasteiger partial charge in [-0.3, -0.25) is 24.1 Å². The van der Waals surface area contributed by atoms with Crippen LogP contribution in [0.25, 0.3) is 122 Å². The Balaban J connectivity index is 0.000000126. The van der Waals surface area contributed by atoms with Crippen molar-refractivity contribution in [3.63, 3.8) is 0 Å². The minimum absolute atomic E-state index is 0.312. The van der Waals surface area contributed by atoms with E-state index in [1.807, 2.05) is 134 Å². The molecule has 0 saturated carbocycles. The molecule has 2 unspecified atom stereocenters. The lowest BCUT2D eigenvalue weighted by molar-refractivity contribution is -0.107. The number of aryl methyl sites for hydroxylation is 4. The number of nitrogens with two attached hydrogens (primary N) is 1. The fourth-order valence-electron chi connectivity index (χ4n) is 18.0. The van der Waals surface area contributed by atoms with Crippen LogP contribution in [-0.4, -0.2) is 68.3 Å². The van der Waals surface area contributed by atoms with Crippen LogP contribution in [0.15, 0.2) is 513 Å². The van der Waals surface area contributed by atoms with E-state index in [1.54, 1.807) is 40.1 Å². The summed E-state index contributed by atoms with van der Waals surface area (Å²) in [5.41, 5.74) is 34.2. The molecule has 22 aromatic rings. The summed E-state index contributed by atoms with van der Waals surface area (Å²) in [7, 11) is 5.80. The Morgan fingerprint density at radius 2 is 0.718 bits per heavy atom. The van der Waals surface area contributed by atoms with Gasteiger partial charge in [-0.2, -0.15) is 0 Å². The molecule has 2 aliphatic carbocycles. The quantitative estimate of drug-likeness (QED) is 0.0624. The van der Waals surface area contributed by atoms with Crippen molar-refractivity contribution in [3.05, 3.63) is 546 Å². The van der Waals surface area contributed by atoms with E-state index >= 15 is 0 Å². The van der Waals surface area contributed by atoms with E-state index in [0.717, 1.165) is 140 Å². The first-order chi connectivity index (χ1) is 72.5. The Kier molecular flexibility index (Phi) is 32.6. The number of allylic oxidation sites excluding steroid dienone is 7. The maximum absolute atomic E-state index is 9.10. The summed E-state index contributed by atoms with van der Waals surface area (Å²) >= 11 is 6.75. The Morgan fingerprint density at radius 1 is 0.336 bits per heavy atom. The van der Waals surface area contributed by atoms with Gasteiger partial charge in [0.25, 0.3) is 0 Å². The average Bonchev–Trinajstić information content (AvgIpc) is 0.998. The molecule has 24 rings (SSSR count). The molecule has 0 aliphatic heterocycles. The van der Waals surface area contributed by atoms with Crippen molar-refractivity contribution < 1.29 is 10.2 Å². The number of hydrogen-bond donors (Lipinski definition) is 3. The van der Waals surface area contributed by atoms with Gasteiger partial charge in [0.05, 0.1) is 80.8 Å². The van der Waals surface area contributed by atoms with Crippen molar-refractivity contribution in [2.24, 2.45) is 11.8 Å². The van der Waals surface area contributed by atoms with Gasteiger partial charge < -0.3 is 25.7 Å². The number of halogens is 2. The zero-order valence-electron chi connectivity index (χ0n) is 84.5. The van der Waals surface area contributed by atoms with Crippen molar-refractivity contribution in [3.8, 4) is 67.9 Å². The predicted octanol–water partition coefficient (Wildman–Crippen LogP) is 32.8. The highest BCUT2D eigenvalue weighted by Crippen LogP contribution is 2.45. The van der Waals surface area contributed by atoms with Crippen LogP contribution in [0.3, 0.4) is 0 Å². The van der Waals surface area contributed by atoms with Crippen LogP contribution in [0.4, 0.5) is 34.1 Å². The second-order valence-electron chi connectivity index (χ2n) is 37.8. The van der Waals surface area contributed by atoms with E-state index in [9.17, 15) is 0 Å². The fraction of sp³-hybridized carbons (Fsp3) is 0.0977. The lowest BCUT2D eigenvalue weighted by Crippen LogP contribution is -2.44. The number of aliphatic hydroxyl groups is 2. The Labute approximate surface area is 890 Å². The minimum Gasteiger partial charge on any atom is -0.398 e. The highest BCUT2D eigenvalue weighted by molar-refractivity contribution is 9.10. The van der Waals surface area contributed by atoms with Crippen LogP contribution in [0.2, 0.25) is 0 Å². The molecule has 730 valence electrons. The number of anilines is 6. The molecule has 18 aromatic carbocycles. The van der Waals surface area contributed by atoms with Crippen LogP contribution in [-0.2, 0) is 6.42 Å². The molecular weight excluding hydrogens is 1950 g/mol. The molecule has 149 heavy (non-hydrogen) atoms. The highest BCUT2D eigenvalue weighted by Gasteiger charge is 2.33. The Morgan fingerprint density at radius 3 is 1.22 bits per heavy atom. The van der Waals surface area contributed by atoms with Gasteiger partial charge in [-0.1, -0.05) is 385 Å². The number of fused-ring (bicyclic) bond motifs is 6. The number of imidazole rings is 2. The van der Waals surface area contributed by atoms with Crippen LogP contribution >= 0.6 is 31.9 Å². The van der Waals surface area contributed by atoms with Gasteiger partial charge in [0, 0.05) is 100 Å². The number of hydrogen-bond acceptors (Lipinski definition) is 11. The average molecular weight is 2070 g/mol. The highest BCUT2D eigenvalue weighted by atomic mass is 79.9. The first-order valence-corrected chi connectivity index (χ1v) is 51.5. The van der Waals surface area contributed by atoms with E-state index < -0.39 is 11.2 Å². The van der Waals surface area contributed by atoms with Crippen molar-refractivity contribution in [1.82, 2.24) is 39.0 Å². The number of aromatic nitrogens is 8. The number of benzene rings is 18. The smallest absolute Gasteiger partial charge is 0.145 e. The third kappa shape index (κ3) is 24.6. The van der Waals surface area contributed by atoms with Gasteiger partial charge in [0.15, 0.2) is 0 Å². The molecule has 4 heterocycles. The molecular formula is C133H114BBr2N11O2. The van der Waals surface area contributed by atoms with Crippen LogP contribution in [0, 0.1) is 39.5 Å². The van der Waals surface area contributed by atoms with Crippen LogP contribution in [0.5, 0.6) is 0 Å². The maximum atomic E-state index is 9.10. The van der Waals surface area contributed by atoms with E-state index in [2.05, 4.69) is 440 Å². The third-order valence-corrected chi connectivity index (χ3v) is 28.2. The second-order valence-corrected chi connectivity index (χ2v) is 39.4. The summed E-state index contributed by atoms with van der Waals surface area (Å²) in [5.74, 6) is 2.52. The van der Waals surface area contributed by atoms with Gasteiger partial charge in [-0.05, 0) is 242 Å². The molecule has 0 saturated heterocycles. The van der Waals surface area contributed by atoms with Gasteiger partial charge in [-0.25, -0.2) is 15.0 Å². The standard InChI is InChI=1S/C46H33N5.C27H22BrN3.C19H13BN2.C18H16.C10H9N.C7H7Br.C6H14O2/c1-32-12-5-9-19-43(32)50(44-21-11-14-33-13-6-7-17-39(33)44)38-28-26-35(27-29-38)42-31-47-41(30-48-42)34-22-24-36(25-23-34)46-49-40-18-8-10-20-45(40)51(46)37-15-3-2-4-16-37;1-19-7-2-5-11-25(19)31(26-12-6-9-20-8-3-4-10-23(20)26)22-15-13-21(14-16-22)24-17-30-27(28)18-29-24;20-15-12-10-14(11-13-15)19-21-17-8-4-5-9-18(17)22(19)16-6-2-1-3-7-16;1-14-7-2-3-9-16(14)13-17-11-6-10-15-8-4-5-12-18(15)17;11-10-7-3-5-8-4-1-2-6-9(8)10;1-6-4-2-3-5-7(6)8;1-5(2,7)6(3,4)8/h2-31H,1H3;2-18,20,23H,1H3;1-13H;2-12H,13H2,1H3;1-7H,11H2;2-5H,1H3;7-8H,1-4H3. The summed E-state index contributed by atoms with van der Waals surface area (Å²) in [6, 6.07) is 149. The molecule has 16 heteroatoms. The molecule has 2 atom stereocenters. The van der Waals surface area contributed by atoms with Gasteiger partial charge in [0.1, 0.15) is 24.1 Å². The number of para-hydroxylation sites is 8. The van der Waals surface area contributed by atoms with Crippen molar-refractivity contribution in [1.29, 1.82) is 0 Å². The lowest BCUT2D eigenvalue weighted by Gasteiger charge is -2.37. The van der Waals surface area contributed by atoms with Crippen molar-refractivity contribution in [2.75, 3.05) is 15.5 Å². The zero-order valence-corrected chi connectivity index (χ0v) is 87.7. The number of rotatable bonds is 16. The van der Waals surface area contributed by atoms with E-state index in [4.69, 9.17) is 43.7 Å². The zero-order chi connectivity index (χ0) is 103. The van der Waals surface area contributed by atoms with Crippen LogP contribution in [0.1, 0.15) is 61.1 Å². The molecule has 4 N–H and O–H groups in total. The summed E-state index contributed by atoms with van der Waals surface area (Å²) in [6.07, 6.45) is 23.8. The van der Waals surface area contributed by atoms with Gasteiger partial charge in [0.2, 0.25) is 0 Å². The third-order valence-electron chi connectivity index (χ3n) is 26.9. The monoisotopic (exact) mass is 2070 g/mol. The van der Waals surface area contributed by atoms with E-state index in [-0.39, 0.29) is 0 Å². The largest absolute Gasteiger partial charge is 0.398 e. The van der Waals surface area contributed by atoms with Gasteiger partial charge >= 0.3 is 0 Å². The summed E-state index contributed by atoms with van der Waals surface area (Å²) in [4.78, 5) is 33.0. The molecule has 2 aliphatic rings. The first-order valence-electron chi connectivity index (χ1n) is 49.9. The van der Waals surface area contributed by atoms with Crippen molar-refractivity contribution in [2.45, 2.75) is 73.0 Å². The topological polar surface area (TPSA) is 160 Å². The predicted molar refractivity (Wildman–Crippen MR) is 631 cm³/mol. The van der Waals surface area contributed by atoms with Crippen LogP contribution < -0.4 is 21.0 Å². The molecule has 2 radical (unpaired) electrons. The van der Waals surface area contributed by atoms with E-state index in [0.29, 0.717) is 11.8 Å². The SMILES string of the molecule is CC(C)(O)C(C)(C)O.Cc1ccccc1Br.Cc1ccccc1Cc1cccc2ccccc12.Cc1ccccc1N(C1=CC=CC2C=CC=CC12)c1ccc(-c2cnc(Br)cn2)cc1.Cc1ccccc1N(c1ccc(-c2cnc(-c3ccc(-c4nc5ccccc5n4-c4ccccc4)cc3)cn2)cc1)c1cccc2ccccc12.Nc1cccc2ccccc12.[B]c1ccc(-c2nc3ccccc3n2-c2ccccc2)cc1. The molecule has 0 fully saturated rings. The number of nitrogen functional groups attached to an aromatic ring is 1. The molecule has 4 aromatic heterocycles. The minimum atomic E-state index is -1.01. The molecule has 13 nitrogen and oxygen atoms in total. The second kappa shape index (κ2) is 47.5. The molecule has 0 spiro atoms. The normalized spacial score (nSPS) is 12.7. The summed E-state index contributed by atoms with van der Waals surface area (Å²) in [6.45, 7) is 14.9. The van der Waals surface area contributed by atoms with E-state index in [1.165, 1.54) is 76.2 Å². The summed E-state index contributed by atoms with van der Waals surface area (Å²) in [5, 5.41) is 25.6.